The maximum Gasteiger partial charge on any atom is 0.341 e. The van der Waals surface area contributed by atoms with Crippen LogP contribution in [-0.4, -0.2) is 27.7 Å². The molecule has 2 N–H and O–H groups in total. The predicted octanol–water partition coefficient (Wildman–Crippen LogP) is 2.90. The summed E-state index contributed by atoms with van der Waals surface area (Å²) >= 11 is 1.23. The van der Waals surface area contributed by atoms with Crippen LogP contribution in [0.1, 0.15) is 31.9 Å². The predicted molar refractivity (Wildman–Crippen MR) is 83.7 cm³/mol. The Morgan fingerprint density at radius 1 is 1.43 bits per heavy atom. The minimum atomic E-state index is -0.487. The largest absolute Gasteiger partial charge is 0.508 e. The third-order valence-corrected chi connectivity index (χ3v) is 4.18. The molecular formula is C15H18N2O3S. The second kappa shape index (κ2) is 6.76. The fraction of sp³-hybridized carbons (Fsp3) is 0.400. The number of carbonyl (C=O) groups is 2. The molecule has 0 radical (unpaired) electrons. The summed E-state index contributed by atoms with van der Waals surface area (Å²) < 4.78 is 0. The minimum absolute atomic E-state index is 0.00792. The lowest BCUT2D eigenvalue weighted by molar-refractivity contribution is -0.113. The third-order valence-electron chi connectivity index (χ3n) is 3.35. The van der Waals surface area contributed by atoms with Gasteiger partial charge in [0.15, 0.2) is 5.12 Å². The molecule has 21 heavy (non-hydrogen) atoms. The standard InChI is InChI=1S/C15H18N2O3S/c1-3-11-12(14(19)21-4-2)13(17-15(20)16-11)9-6-5-7-10(18)8-9/h5-8,12-13,18H,3-4H2,1-2H3,(H,17,20). The molecule has 2 rings (SSSR count). The number of urea groups is 1. The Balaban J connectivity index is 2.43. The Morgan fingerprint density at radius 2 is 2.19 bits per heavy atom. The fourth-order valence-electron chi connectivity index (χ4n) is 2.44. The second-order valence-electron chi connectivity index (χ2n) is 4.71. The van der Waals surface area contributed by atoms with Gasteiger partial charge >= 0.3 is 6.03 Å². The van der Waals surface area contributed by atoms with E-state index in [4.69, 9.17) is 0 Å². The number of thioether (sulfide) groups is 1. The van der Waals surface area contributed by atoms with Gasteiger partial charge in [-0.15, -0.1) is 0 Å². The summed E-state index contributed by atoms with van der Waals surface area (Å²) in [6.45, 7) is 3.80. The molecule has 0 spiro atoms. The monoisotopic (exact) mass is 306 g/mol. The van der Waals surface area contributed by atoms with Crippen LogP contribution in [0.3, 0.4) is 0 Å². The van der Waals surface area contributed by atoms with E-state index in [-0.39, 0.29) is 10.9 Å². The van der Waals surface area contributed by atoms with Crippen LogP contribution in [0.15, 0.2) is 29.3 Å². The molecule has 0 fully saturated rings. The summed E-state index contributed by atoms with van der Waals surface area (Å²) in [5, 5.41) is 12.4. The molecule has 0 saturated carbocycles. The lowest BCUT2D eigenvalue weighted by Crippen LogP contribution is -2.43. The number of amides is 2. The fourth-order valence-corrected chi connectivity index (χ4v) is 3.17. The van der Waals surface area contributed by atoms with Crippen molar-refractivity contribution in [2.75, 3.05) is 5.75 Å². The molecule has 2 unspecified atom stereocenters. The van der Waals surface area contributed by atoms with E-state index in [1.165, 1.54) is 11.8 Å². The first kappa shape index (κ1) is 15.6. The van der Waals surface area contributed by atoms with Gasteiger partial charge in [0.05, 0.1) is 12.0 Å². The molecule has 0 bridgehead atoms. The normalized spacial score (nSPS) is 21.6. The lowest BCUT2D eigenvalue weighted by atomic mass is 9.87. The van der Waals surface area contributed by atoms with Gasteiger partial charge in [-0.05, 0) is 29.9 Å². The summed E-state index contributed by atoms with van der Waals surface area (Å²) in [6.07, 6.45) is 0.545. The number of nitrogens with zero attached hydrogens (tertiary/aromatic N) is 1. The van der Waals surface area contributed by atoms with Crippen molar-refractivity contribution in [1.82, 2.24) is 5.32 Å². The van der Waals surface area contributed by atoms with E-state index >= 15 is 0 Å². The van der Waals surface area contributed by atoms with Crippen LogP contribution in [0, 0.1) is 5.92 Å². The first-order valence-corrected chi connectivity index (χ1v) is 7.88. The third kappa shape index (κ3) is 3.44. The van der Waals surface area contributed by atoms with Crippen molar-refractivity contribution < 1.29 is 14.7 Å². The number of nitrogens with one attached hydrogen (secondary N) is 1. The zero-order valence-electron chi connectivity index (χ0n) is 12.0. The molecule has 112 valence electrons. The van der Waals surface area contributed by atoms with E-state index in [1.807, 2.05) is 13.8 Å². The maximum atomic E-state index is 12.4. The van der Waals surface area contributed by atoms with E-state index in [0.717, 1.165) is 0 Å². The summed E-state index contributed by atoms with van der Waals surface area (Å²) in [4.78, 5) is 28.1. The van der Waals surface area contributed by atoms with Gasteiger partial charge in [0.1, 0.15) is 5.75 Å². The number of phenols is 1. The van der Waals surface area contributed by atoms with Gasteiger partial charge in [-0.1, -0.05) is 37.7 Å². The van der Waals surface area contributed by atoms with Gasteiger partial charge in [-0.2, -0.15) is 0 Å². The van der Waals surface area contributed by atoms with Crippen LogP contribution in [0.25, 0.3) is 0 Å². The smallest absolute Gasteiger partial charge is 0.341 e. The number of hydrogen-bond donors (Lipinski definition) is 2. The summed E-state index contributed by atoms with van der Waals surface area (Å²) in [7, 11) is 0. The van der Waals surface area contributed by atoms with Crippen LogP contribution in [0.5, 0.6) is 5.75 Å². The van der Waals surface area contributed by atoms with Gasteiger partial charge in [-0.3, -0.25) is 4.79 Å². The zero-order valence-corrected chi connectivity index (χ0v) is 12.8. The molecule has 5 nitrogen and oxygen atoms in total. The van der Waals surface area contributed by atoms with Crippen LogP contribution in [-0.2, 0) is 4.79 Å². The number of benzene rings is 1. The Kier molecular flexibility index (Phi) is 5.01. The van der Waals surface area contributed by atoms with E-state index in [9.17, 15) is 14.7 Å². The van der Waals surface area contributed by atoms with Crippen molar-refractivity contribution in [2.24, 2.45) is 10.9 Å². The number of rotatable bonds is 4. The van der Waals surface area contributed by atoms with E-state index < -0.39 is 18.0 Å². The molecule has 1 aliphatic rings. The highest BCUT2D eigenvalue weighted by atomic mass is 32.2. The molecule has 6 heteroatoms. The van der Waals surface area contributed by atoms with Crippen LogP contribution < -0.4 is 5.32 Å². The van der Waals surface area contributed by atoms with E-state index in [2.05, 4.69) is 10.3 Å². The van der Waals surface area contributed by atoms with Crippen molar-refractivity contribution >= 4 is 28.6 Å². The Morgan fingerprint density at radius 3 is 2.81 bits per heavy atom. The van der Waals surface area contributed by atoms with Crippen LogP contribution in [0.2, 0.25) is 0 Å². The quantitative estimate of drug-likeness (QED) is 0.896. The second-order valence-corrected chi connectivity index (χ2v) is 5.98. The van der Waals surface area contributed by atoms with Gasteiger partial charge in [0.25, 0.3) is 0 Å². The lowest BCUT2D eigenvalue weighted by Gasteiger charge is -2.31. The molecule has 1 aromatic rings. The summed E-state index contributed by atoms with van der Waals surface area (Å²) in [5.41, 5.74) is 1.30. The van der Waals surface area contributed by atoms with Gasteiger partial charge in [0.2, 0.25) is 0 Å². The summed E-state index contributed by atoms with van der Waals surface area (Å²) in [5.74, 6) is 0.295. The molecule has 0 aromatic heterocycles. The first-order valence-electron chi connectivity index (χ1n) is 6.90. The van der Waals surface area contributed by atoms with Crippen molar-refractivity contribution in [3.63, 3.8) is 0 Å². The van der Waals surface area contributed by atoms with Gasteiger partial charge < -0.3 is 10.4 Å². The Bertz CT molecular complexity index is 586. The summed E-state index contributed by atoms with van der Waals surface area (Å²) in [6, 6.07) is 5.69. The van der Waals surface area contributed by atoms with Crippen molar-refractivity contribution in [3.05, 3.63) is 29.8 Å². The maximum absolute atomic E-state index is 12.4. The highest BCUT2D eigenvalue weighted by Gasteiger charge is 2.37. The number of aliphatic imine (C=N–C) groups is 1. The van der Waals surface area contributed by atoms with Gasteiger partial charge in [0, 0.05) is 5.71 Å². The average molecular weight is 306 g/mol. The average Bonchev–Trinajstić information content (AvgIpc) is 2.46. The molecule has 0 saturated heterocycles. The Hall–Kier alpha value is -1.82. The van der Waals surface area contributed by atoms with E-state index in [1.54, 1.807) is 24.3 Å². The molecule has 2 amide bonds. The number of hydrogen-bond acceptors (Lipinski definition) is 4. The highest BCUT2D eigenvalue weighted by Crippen LogP contribution is 2.32. The van der Waals surface area contributed by atoms with Crippen molar-refractivity contribution in [2.45, 2.75) is 26.3 Å². The SMILES string of the molecule is CCSC(=O)C1C(CC)=NC(=O)NC1c1cccc(O)c1. The molecular weight excluding hydrogens is 288 g/mol. The van der Waals surface area contributed by atoms with Crippen LogP contribution >= 0.6 is 11.8 Å². The molecule has 0 aliphatic carbocycles. The van der Waals surface area contributed by atoms with E-state index in [0.29, 0.717) is 23.4 Å². The molecule has 1 aliphatic heterocycles. The number of phenolic OH excluding ortho intramolecular Hbond substituents is 1. The molecule has 1 heterocycles. The topological polar surface area (TPSA) is 78.8 Å². The highest BCUT2D eigenvalue weighted by molar-refractivity contribution is 8.13. The van der Waals surface area contributed by atoms with Gasteiger partial charge in [-0.25, -0.2) is 9.79 Å². The minimum Gasteiger partial charge on any atom is -0.508 e. The molecule has 1 aromatic carbocycles. The first-order chi connectivity index (χ1) is 10.1. The van der Waals surface area contributed by atoms with Crippen LogP contribution in [0.4, 0.5) is 4.79 Å². The zero-order chi connectivity index (χ0) is 15.4. The molecule has 2 atom stereocenters. The van der Waals surface area contributed by atoms with Crippen molar-refractivity contribution in [1.29, 1.82) is 0 Å². The Labute approximate surface area is 127 Å². The van der Waals surface area contributed by atoms with Crippen molar-refractivity contribution in [3.8, 4) is 5.75 Å². The number of aromatic hydroxyl groups is 1. The number of carbonyl (C=O) groups excluding carboxylic acids is 2.